The van der Waals surface area contributed by atoms with Gasteiger partial charge in [0.25, 0.3) is 0 Å². The molecule has 3 nitrogen and oxygen atoms in total. The van der Waals surface area contributed by atoms with Gasteiger partial charge in [0.15, 0.2) is 5.78 Å². The van der Waals surface area contributed by atoms with Gasteiger partial charge in [-0.25, -0.2) is 13.0 Å². The van der Waals surface area contributed by atoms with Crippen molar-refractivity contribution in [1.82, 2.24) is 0 Å². The first kappa shape index (κ1) is 33.8. The second kappa shape index (κ2) is 8.64. The molecule has 2 aromatic rings. The molecule has 1 atom stereocenters. The van der Waals surface area contributed by atoms with E-state index in [4.69, 9.17) is 0 Å². The molecular weight excluding hydrogens is 610 g/mol. The molecule has 0 saturated heterocycles. The number of carbonyl (C=O) groups excluding carboxylic acids is 1. The minimum Gasteiger partial charge on any atom is -0.294 e. The van der Waals surface area contributed by atoms with Gasteiger partial charge in [-0.2, -0.15) is 4.40 Å². The van der Waals surface area contributed by atoms with Gasteiger partial charge in [0, 0.05) is 5.56 Å². The van der Waals surface area contributed by atoms with Crippen molar-refractivity contribution in [1.29, 1.82) is 0 Å². The fourth-order valence-electron chi connectivity index (χ4n) is 2.36. The molecule has 0 amide bonds. The second-order valence-corrected chi connectivity index (χ2v) is 15.5. The fraction of sp³-hybridized carbons (Fsp3) is 0.300. The first-order valence-electron chi connectivity index (χ1n) is 9.79. The number of nitrogens with zero attached hydrogens (tertiary/aromatic N) is 1. The monoisotopic (exact) mass is 631 g/mol. The van der Waals surface area contributed by atoms with Crippen LogP contribution < -0.4 is 0 Å². The predicted molar refractivity (Wildman–Crippen MR) is 126 cm³/mol. The smallest absolute Gasteiger partial charge is 0.294 e. The van der Waals surface area contributed by atoms with Crippen molar-refractivity contribution < 1.29 is 56.6 Å². The van der Waals surface area contributed by atoms with Crippen LogP contribution in [-0.2, 0) is 11.0 Å². The summed E-state index contributed by atoms with van der Waals surface area (Å²) in [6, 6.07) is 0.417. The summed E-state index contributed by atoms with van der Waals surface area (Å²) in [6.45, 7) is 6.97. The molecule has 0 aromatic heterocycles. The molecule has 0 aliphatic carbocycles. The highest BCUT2D eigenvalue weighted by molar-refractivity contribution is 8.46. The number of benzene rings is 2. The van der Waals surface area contributed by atoms with E-state index < -0.39 is 74.5 Å². The minimum absolute atomic E-state index is 0.00136. The van der Waals surface area contributed by atoms with E-state index >= 15 is 0 Å². The van der Waals surface area contributed by atoms with Gasteiger partial charge in [-0.3, -0.25) is 4.79 Å². The summed E-state index contributed by atoms with van der Waals surface area (Å²) in [7, 11) is -21.6. The van der Waals surface area contributed by atoms with E-state index in [0.717, 1.165) is 6.92 Å². The lowest BCUT2D eigenvalue weighted by molar-refractivity contribution is 0.101. The Bertz CT molecular complexity index is 1330. The summed E-state index contributed by atoms with van der Waals surface area (Å²) in [4.78, 5) is 6.03. The summed E-state index contributed by atoms with van der Waals surface area (Å²) in [5.41, 5.74) is -1.21. The molecule has 0 aliphatic heterocycles. The Morgan fingerprint density at radius 3 is 1.32 bits per heavy atom. The third kappa shape index (κ3) is 9.52. The lowest BCUT2D eigenvalue weighted by atomic mass is 10.1. The van der Waals surface area contributed by atoms with Crippen molar-refractivity contribution in [2.75, 3.05) is 0 Å². The zero-order chi connectivity index (χ0) is 30.5. The van der Waals surface area contributed by atoms with Gasteiger partial charge < -0.3 is 0 Å². The Morgan fingerprint density at radius 1 is 0.711 bits per heavy atom. The first-order valence-corrected chi connectivity index (χ1v) is 14.8. The van der Waals surface area contributed by atoms with Crippen LogP contribution in [-0.4, -0.2) is 20.5 Å². The summed E-state index contributed by atoms with van der Waals surface area (Å²) in [5, 5.41) is 0. The van der Waals surface area contributed by atoms with E-state index in [0.29, 0.717) is 12.1 Å². The lowest BCUT2D eigenvalue weighted by Gasteiger charge is -2.40. The molecule has 0 saturated carbocycles. The maximum absolute atomic E-state index is 13.7. The molecule has 220 valence electrons. The third-order valence-electron chi connectivity index (χ3n) is 4.28. The number of hydrogen-bond acceptors (Lipinski definition) is 2. The molecule has 0 unspecified atom stereocenters. The van der Waals surface area contributed by atoms with Crippen LogP contribution in [0.5, 0.6) is 0 Å². The highest BCUT2D eigenvalue weighted by Crippen LogP contribution is 3.02. The van der Waals surface area contributed by atoms with E-state index in [1.165, 1.54) is 6.92 Å². The van der Waals surface area contributed by atoms with Crippen molar-refractivity contribution in [3.63, 3.8) is 0 Å². The number of halogens is 12. The van der Waals surface area contributed by atoms with Gasteiger partial charge in [0.1, 0.15) is 32.4 Å². The van der Waals surface area contributed by atoms with Crippen LogP contribution in [0.4, 0.5) is 47.6 Å². The van der Waals surface area contributed by atoms with Crippen LogP contribution in [0.15, 0.2) is 50.6 Å². The summed E-state index contributed by atoms with van der Waals surface area (Å²) < 4.78 is 165. The zero-order valence-corrected chi connectivity index (χ0v) is 22.4. The molecule has 38 heavy (non-hydrogen) atoms. The Morgan fingerprint density at radius 2 is 1.05 bits per heavy atom. The van der Waals surface area contributed by atoms with Crippen LogP contribution in [0.25, 0.3) is 0 Å². The Kier molecular flexibility index (Phi) is 7.69. The quantitative estimate of drug-likeness (QED) is 0.187. The van der Waals surface area contributed by atoms with Crippen molar-refractivity contribution in [2.24, 2.45) is 4.40 Å². The standard InChI is InChI=1S/C12H15F6NOS2.C8H6F6OS/c1-8(19-21(20)12(2,3)4)10-6-5-9(7-11(10)13)22(14,15,16,17)18;1-5(15)7-3-2-6(4-8(7)9)16(10,11,12,13)14/h5-7H,1-4H3;2-4H,1H3/t21-;/m0./s1. The number of hydrogen-bond donors (Lipinski definition) is 0. The van der Waals surface area contributed by atoms with Crippen molar-refractivity contribution >= 4 is 42.9 Å². The van der Waals surface area contributed by atoms with Crippen LogP contribution >= 0.6 is 20.4 Å². The average Bonchev–Trinajstić information content (AvgIpc) is 2.63. The number of carbonyl (C=O) groups is 1. The van der Waals surface area contributed by atoms with Gasteiger partial charge in [0.05, 0.1) is 16.0 Å². The lowest BCUT2D eigenvalue weighted by Crippen LogP contribution is -2.21. The van der Waals surface area contributed by atoms with E-state index in [9.17, 15) is 56.6 Å². The van der Waals surface area contributed by atoms with Crippen molar-refractivity contribution in [3.05, 3.63) is 59.2 Å². The molecule has 0 spiro atoms. The van der Waals surface area contributed by atoms with Crippen LogP contribution in [0.1, 0.15) is 50.5 Å². The normalized spacial score (nSPS) is 17.7. The molecule has 0 aliphatic rings. The summed E-state index contributed by atoms with van der Waals surface area (Å²) >= 11 is 0. The van der Waals surface area contributed by atoms with Gasteiger partial charge in [-0.1, -0.05) is 38.9 Å². The molecule has 2 aromatic carbocycles. The van der Waals surface area contributed by atoms with Crippen LogP contribution in [0.2, 0.25) is 0 Å². The summed E-state index contributed by atoms with van der Waals surface area (Å²) in [6.07, 6.45) is 0. The predicted octanol–water partition coefficient (Wildman–Crippen LogP) is 10.4. The number of rotatable bonds is 5. The SMILES string of the molecule is CC(=N[S@@](=O)C(C)(C)C)c1ccc(S(F)(F)(F)(F)F)cc1F.CC(=O)c1ccc(S(F)(F)(F)(F)F)cc1F. The third-order valence-corrected chi connectivity index (χ3v) is 8.06. The van der Waals surface area contributed by atoms with Crippen LogP contribution in [0, 0.1) is 11.6 Å². The largest absolute Gasteiger partial charge is 0.310 e. The van der Waals surface area contributed by atoms with E-state index in [1.54, 1.807) is 20.8 Å². The maximum atomic E-state index is 13.7. The molecule has 18 heteroatoms. The van der Waals surface area contributed by atoms with Gasteiger partial charge in [-0.15, -0.1) is 0 Å². The van der Waals surface area contributed by atoms with Gasteiger partial charge in [0.2, 0.25) is 0 Å². The molecule has 0 bridgehead atoms. The molecule has 2 rings (SSSR count). The van der Waals surface area contributed by atoms with Gasteiger partial charge in [-0.05, 0) is 71.0 Å². The number of Topliss-reactive ketones (excluding diaryl/α,β-unsaturated/α-hetero) is 1. The molecule has 0 radical (unpaired) electrons. The van der Waals surface area contributed by atoms with Crippen LogP contribution in [0.3, 0.4) is 0 Å². The molecule has 0 fully saturated rings. The Labute approximate surface area is 212 Å². The number of ketones is 1. The van der Waals surface area contributed by atoms with Gasteiger partial charge >= 0.3 is 20.4 Å². The molecule has 0 N–H and O–H groups in total. The Balaban J connectivity index is 0.000000399. The zero-order valence-electron chi connectivity index (χ0n) is 20.0. The fourth-order valence-corrected chi connectivity index (χ4v) is 4.28. The summed E-state index contributed by atoms with van der Waals surface area (Å²) in [5.74, 6) is -3.96. The highest BCUT2D eigenvalue weighted by Gasteiger charge is 2.66. The van der Waals surface area contributed by atoms with Crippen molar-refractivity contribution in [2.45, 2.75) is 49.2 Å². The second-order valence-electron chi connectivity index (χ2n) is 8.82. The molecular formula is C20H21F12NO2S3. The average molecular weight is 632 g/mol. The van der Waals surface area contributed by atoms with E-state index in [1.807, 2.05) is 0 Å². The highest BCUT2D eigenvalue weighted by atomic mass is 32.5. The van der Waals surface area contributed by atoms with Crippen molar-refractivity contribution in [3.8, 4) is 0 Å². The molecule has 0 heterocycles. The minimum atomic E-state index is -9.93. The topological polar surface area (TPSA) is 46.5 Å². The maximum Gasteiger partial charge on any atom is 0.310 e. The Hall–Kier alpha value is -2.21. The van der Waals surface area contributed by atoms with E-state index in [2.05, 4.69) is 4.40 Å². The van der Waals surface area contributed by atoms with E-state index in [-0.39, 0.29) is 30.0 Å². The first-order chi connectivity index (χ1) is 16.2.